The van der Waals surface area contributed by atoms with Gasteiger partial charge in [-0.1, -0.05) is 18.9 Å². The third kappa shape index (κ3) is 4.16. The third-order valence-corrected chi connectivity index (χ3v) is 4.92. The summed E-state index contributed by atoms with van der Waals surface area (Å²) in [6.07, 6.45) is 3.06. The van der Waals surface area contributed by atoms with Gasteiger partial charge in [0.2, 0.25) is 11.8 Å². The summed E-state index contributed by atoms with van der Waals surface area (Å²) < 4.78 is 4.83. The Balaban J connectivity index is 1.49. The second-order valence-electron chi connectivity index (χ2n) is 6.78. The van der Waals surface area contributed by atoms with Crippen LogP contribution >= 0.6 is 0 Å². The van der Waals surface area contributed by atoms with E-state index in [0.29, 0.717) is 12.8 Å². The zero-order valence-electron chi connectivity index (χ0n) is 15.0. The Hall–Kier alpha value is -3.30. The highest BCUT2D eigenvalue weighted by atomic mass is 16.6. The Morgan fingerprint density at radius 1 is 1.18 bits per heavy atom. The summed E-state index contributed by atoms with van der Waals surface area (Å²) >= 11 is 0. The lowest BCUT2D eigenvalue weighted by molar-refractivity contribution is -0.384. The van der Waals surface area contributed by atoms with Gasteiger partial charge in [0.25, 0.3) is 11.6 Å². The zero-order chi connectivity index (χ0) is 20.3. The molecule has 1 aliphatic heterocycles. The molecule has 28 heavy (non-hydrogen) atoms. The molecular formula is C18H19N3O7. The van der Waals surface area contributed by atoms with Gasteiger partial charge in [0.05, 0.1) is 16.8 Å². The van der Waals surface area contributed by atoms with Crippen molar-refractivity contribution in [3.63, 3.8) is 0 Å². The van der Waals surface area contributed by atoms with E-state index in [9.17, 15) is 29.3 Å². The van der Waals surface area contributed by atoms with Gasteiger partial charge in [-0.25, -0.2) is 0 Å². The third-order valence-electron chi connectivity index (χ3n) is 4.92. The summed E-state index contributed by atoms with van der Waals surface area (Å²) in [5.74, 6) is -2.98. The number of benzene rings is 1. The van der Waals surface area contributed by atoms with Gasteiger partial charge in [-0.05, 0) is 18.9 Å². The van der Waals surface area contributed by atoms with E-state index in [1.807, 2.05) is 0 Å². The molecule has 3 rings (SSSR count). The Bertz CT molecular complexity index is 814. The number of likely N-dealkylation sites (tertiary alicyclic amines) is 1. The molecule has 0 bridgehead atoms. The number of nitro groups is 1. The van der Waals surface area contributed by atoms with Crippen molar-refractivity contribution in [3.8, 4) is 0 Å². The Kier molecular flexibility index (Phi) is 5.67. The van der Waals surface area contributed by atoms with E-state index in [2.05, 4.69) is 5.32 Å². The van der Waals surface area contributed by atoms with E-state index in [4.69, 9.17) is 4.74 Å². The van der Waals surface area contributed by atoms with E-state index in [-0.39, 0.29) is 35.0 Å². The summed E-state index contributed by atoms with van der Waals surface area (Å²) in [6.45, 7) is -1.15. The zero-order valence-corrected chi connectivity index (χ0v) is 15.0. The molecule has 1 aromatic carbocycles. The molecule has 1 aromatic rings. The van der Waals surface area contributed by atoms with Crippen LogP contribution in [0.2, 0.25) is 0 Å². The van der Waals surface area contributed by atoms with Crippen LogP contribution in [0.4, 0.5) is 11.4 Å². The van der Waals surface area contributed by atoms with Crippen LogP contribution in [0.25, 0.3) is 0 Å². The molecule has 3 amide bonds. The average Bonchev–Trinajstić information content (AvgIpc) is 2.92. The highest BCUT2D eigenvalue weighted by molar-refractivity contribution is 6.07. The molecular weight excluding hydrogens is 370 g/mol. The second-order valence-corrected chi connectivity index (χ2v) is 6.78. The monoisotopic (exact) mass is 389 g/mol. The number of hydrogen-bond acceptors (Lipinski definition) is 7. The maximum absolute atomic E-state index is 12.3. The van der Waals surface area contributed by atoms with Gasteiger partial charge < -0.3 is 10.1 Å². The van der Waals surface area contributed by atoms with Gasteiger partial charge in [0.15, 0.2) is 6.61 Å². The smallest absolute Gasteiger partial charge is 0.326 e. The topological polar surface area (TPSA) is 136 Å². The van der Waals surface area contributed by atoms with E-state index in [1.165, 1.54) is 24.3 Å². The number of anilines is 1. The van der Waals surface area contributed by atoms with Crippen molar-refractivity contribution in [3.05, 3.63) is 34.4 Å². The molecule has 1 saturated carbocycles. The summed E-state index contributed by atoms with van der Waals surface area (Å²) in [5, 5.41) is 13.1. The van der Waals surface area contributed by atoms with Gasteiger partial charge in [0, 0.05) is 17.8 Å². The van der Waals surface area contributed by atoms with Crippen LogP contribution in [0.5, 0.6) is 0 Å². The summed E-state index contributed by atoms with van der Waals surface area (Å²) in [6, 6.07) is 5.31. The van der Waals surface area contributed by atoms with Gasteiger partial charge in [-0.2, -0.15) is 0 Å². The maximum atomic E-state index is 12.3. The molecule has 1 saturated heterocycles. The lowest BCUT2D eigenvalue weighted by atomic mass is 9.81. The Labute approximate surface area is 160 Å². The first-order valence-electron chi connectivity index (χ1n) is 8.92. The molecule has 10 nitrogen and oxygen atoms in total. The quantitative estimate of drug-likeness (QED) is 0.335. The van der Waals surface area contributed by atoms with Gasteiger partial charge in [0.1, 0.15) is 6.54 Å². The molecule has 1 N–H and O–H groups in total. The number of hydrogen-bond donors (Lipinski definition) is 1. The number of nitrogens with one attached hydrogen (secondary N) is 1. The SMILES string of the molecule is O=C(COC(=O)CN1C(=O)[C@H]2CCCC[C@@H]2C1=O)Nc1cccc([N+](=O)[O-])c1. The summed E-state index contributed by atoms with van der Waals surface area (Å²) in [7, 11) is 0. The highest BCUT2D eigenvalue weighted by Gasteiger charge is 2.48. The van der Waals surface area contributed by atoms with E-state index in [1.54, 1.807) is 0 Å². The number of imide groups is 1. The van der Waals surface area contributed by atoms with Crippen molar-refractivity contribution in [2.24, 2.45) is 11.8 Å². The highest BCUT2D eigenvalue weighted by Crippen LogP contribution is 2.37. The van der Waals surface area contributed by atoms with E-state index in [0.717, 1.165) is 17.7 Å². The first-order valence-corrected chi connectivity index (χ1v) is 8.92. The number of esters is 1. The normalized spacial score (nSPS) is 21.2. The largest absolute Gasteiger partial charge is 0.454 e. The van der Waals surface area contributed by atoms with E-state index >= 15 is 0 Å². The second kappa shape index (κ2) is 8.15. The number of ether oxygens (including phenoxy) is 1. The number of rotatable bonds is 6. The predicted molar refractivity (Wildman–Crippen MR) is 94.9 cm³/mol. The summed E-state index contributed by atoms with van der Waals surface area (Å²) in [4.78, 5) is 59.5. The fourth-order valence-electron chi connectivity index (χ4n) is 3.60. The van der Waals surface area contributed by atoms with Crippen molar-refractivity contribution in [2.75, 3.05) is 18.5 Å². The van der Waals surface area contributed by atoms with Crippen LogP contribution in [0, 0.1) is 22.0 Å². The fraction of sp³-hybridized carbons (Fsp3) is 0.444. The molecule has 148 valence electrons. The fourth-order valence-corrected chi connectivity index (χ4v) is 3.60. The molecule has 2 atom stereocenters. The van der Waals surface area contributed by atoms with Crippen molar-refractivity contribution < 1.29 is 28.8 Å². The molecule has 0 unspecified atom stereocenters. The van der Waals surface area contributed by atoms with Crippen molar-refractivity contribution >= 4 is 35.1 Å². The number of amides is 3. The van der Waals surface area contributed by atoms with E-state index < -0.39 is 30.0 Å². The van der Waals surface area contributed by atoms with Crippen LogP contribution < -0.4 is 5.32 Å². The molecule has 1 aliphatic carbocycles. The first kappa shape index (κ1) is 19.5. The van der Waals surface area contributed by atoms with Crippen LogP contribution in [-0.4, -0.2) is 46.7 Å². The summed E-state index contributed by atoms with van der Waals surface area (Å²) in [5.41, 5.74) is -0.00783. The average molecular weight is 389 g/mol. The number of carbonyl (C=O) groups is 4. The number of nitro benzene ring substituents is 1. The van der Waals surface area contributed by atoms with Crippen LogP contribution in [0.3, 0.4) is 0 Å². The van der Waals surface area contributed by atoms with Crippen molar-refractivity contribution in [2.45, 2.75) is 25.7 Å². The maximum Gasteiger partial charge on any atom is 0.326 e. The number of fused-ring (bicyclic) bond motifs is 1. The minimum atomic E-state index is -0.866. The Morgan fingerprint density at radius 3 is 2.43 bits per heavy atom. The molecule has 2 fully saturated rings. The Morgan fingerprint density at radius 2 is 1.82 bits per heavy atom. The predicted octanol–water partition coefficient (Wildman–Crippen LogP) is 1.25. The van der Waals surface area contributed by atoms with Gasteiger partial charge in [-0.3, -0.25) is 34.2 Å². The molecule has 2 aliphatic rings. The molecule has 10 heteroatoms. The van der Waals surface area contributed by atoms with Crippen molar-refractivity contribution in [1.82, 2.24) is 4.90 Å². The van der Waals surface area contributed by atoms with Gasteiger partial charge >= 0.3 is 5.97 Å². The standard InChI is InChI=1S/C18H19N3O7/c22-15(19-11-4-3-5-12(8-11)21(26)27)10-28-16(23)9-20-17(24)13-6-1-2-7-14(13)18(20)25/h3-5,8,13-14H,1-2,6-7,9-10H2,(H,19,22)/t13-,14-/m0/s1. The lowest BCUT2D eigenvalue weighted by Gasteiger charge is -2.19. The lowest BCUT2D eigenvalue weighted by Crippen LogP contribution is -2.37. The van der Waals surface area contributed by atoms with Crippen molar-refractivity contribution in [1.29, 1.82) is 0 Å². The van der Waals surface area contributed by atoms with Crippen LogP contribution in [0.15, 0.2) is 24.3 Å². The molecule has 0 aromatic heterocycles. The number of carbonyl (C=O) groups excluding carboxylic acids is 4. The van der Waals surface area contributed by atoms with Crippen LogP contribution in [0.1, 0.15) is 25.7 Å². The van der Waals surface area contributed by atoms with Gasteiger partial charge in [-0.15, -0.1) is 0 Å². The number of non-ortho nitro benzene ring substituents is 1. The van der Waals surface area contributed by atoms with Crippen LogP contribution in [-0.2, 0) is 23.9 Å². The molecule has 0 radical (unpaired) electrons. The molecule has 0 spiro atoms. The first-order chi connectivity index (χ1) is 13.4. The minimum Gasteiger partial charge on any atom is -0.454 e. The molecule has 1 heterocycles. The number of nitrogens with zero attached hydrogens (tertiary/aromatic N) is 2. The minimum absolute atomic E-state index is 0.184.